The molecule has 1 aliphatic carbocycles. The number of thiophene rings is 1. The van der Waals surface area contributed by atoms with Crippen LogP contribution in [0.2, 0.25) is 0 Å². The molecule has 0 saturated heterocycles. The van der Waals surface area contributed by atoms with Crippen molar-refractivity contribution in [3.8, 4) is 0 Å². The molecule has 134 valence electrons. The van der Waals surface area contributed by atoms with E-state index in [4.69, 9.17) is 10.5 Å². The number of aromatic nitrogens is 2. The van der Waals surface area contributed by atoms with Gasteiger partial charge in [0.2, 0.25) is 5.91 Å². The standard InChI is InChI=1S/C17H23N5O2S/c1-19-9-2-4-10(5-3-9)22-16-14-11-6-12(15(18)23)24-7-13(11)25-17(14)21-8-20-16/h8-10,12,19H,2-7H2,1H3,(H2,18,23)(H,20,21,22). The first-order chi connectivity index (χ1) is 12.2. The second-order valence-corrected chi connectivity index (χ2v) is 7.88. The van der Waals surface area contributed by atoms with Crippen molar-refractivity contribution < 1.29 is 9.53 Å². The molecule has 1 atom stereocenters. The van der Waals surface area contributed by atoms with Crippen LogP contribution in [0.25, 0.3) is 10.2 Å². The molecule has 2 aromatic rings. The van der Waals surface area contributed by atoms with Gasteiger partial charge in [-0.1, -0.05) is 0 Å². The topological polar surface area (TPSA) is 102 Å². The van der Waals surface area contributed by atoms with E-state index in [0.717, 1.165) is 39.3 Å². The minimum absolute atomic E-state index is 0.413. The number of ether oxygens (including phenoxy) is 1. The molecule has 4 N–H and O–H groups in total. The van der Waals surface area contributed by atoms with Gasteiger partial charge in [0.25, 0.3) is 0 Å². The van der Waals surface area contributed by atoms with Gasteiger partial charge in [0.1, 0.15) is 23.1 Å². The molecule has 8 heteroatoms. The predicted molar refractivity (Wildman–Crippen MR) is 97.6 cm³/mol. The maximum atomic E-state index is 11.5. The van der Waals surface area contributed by atoms with Crippen LogP contribution in [-0.2, 0) is 22.6 Å². The monoisotopic (exact) mass is 361 g/mol. The normalized spacial score (nSPS) is 26.4. The molecular formula is C17H23N5O2S. The van der Waals surface area contributed by atoms with Crippen LogP contribution >= 0.6 is 11.3 Å². The summed E-state index contributed by atoms with van der Waals surface area (Å²) in [6, 6.07) is 1.04. The summed E-state index contributed by atoms with van der Waals surface area (Å²) in [4.78, 5) is 22.5. The molecule has 4 rings (SSSR count). The van der Waals surface area contributed by atoms with Crippen LogP contribution in [0.1, 0.15) is 36.1 Å². The Morgan fingerprint density at radius 1 is 1.28 bits per heavy atom. The van der Waals surface area contributed by atoms with Gasteiger partial charge in [0.05, 0.1) is 12.0 Å². The number of amides is 1. The second-order valence-electron chi connectivity index (χ2n) is 6.79. The van der Waals surface area contributed by atoms with E-state index >= 15 is 0 Å². The third-order valence-corrected chi connectivity index (χ3v) is 6.38. The smallest absolute Gasteiger partial charge is 0.246 e. The Balaban J connectivity index is 1.62. The molecular weight excluding hydrogens is 338 g/mol. The Hall–Kier alpha value is -1.77. The second kappa shape index (κ2) is 6.86. The van der Waals surface area contributed by atoms with Gasteiger partial charge in [0.15, 0.2) is 0 Å². The van der Waals surface area contributed by atoms with Gasteiger partial charge in [-0.05, 0) is 38.3 Å². The van der Waals surface area contributed by atoms with Crippen molar-refractivity contribution in [2.24, 2.45) is 5.73 Å². The average molecular weight is 361 g/mol. The summed E-state index contributed by atoms with van der Waals surface area (Å²) in [5.41, 5.74) is 6.55. The zero-order valence-corrected chi connectivity index (χ0v) is 15.1. The molecule has 1 saturated carbocycles. The minimum Gasteiger partial charge on any atom is -0.367 e. The van der Waals surface area contributed by atoms with E-state index in [1.807, 2.05) is 7.05 Å². The third-order valence-electron chi connectivity index (χ3n) is 5.27. The third kappa shape index (κ3) is 3.21. The largest absolute Gasteiger partial charge is 0.367 e. The highest BCUT2D eigenvalue weighted by molar-refractivity contribution is 7.18. The number of carbonyl (C=O) groups is 1. The number of hydrogen-bond acceptors (Lipinski definition) is 7. The van der Waals surface area contributed by atoms with Crippen molar-refractivity contribution in [1.29, 1.82) is 0 Å². The van der Waals surface area contributed by atoms with Crippen LogP contribution in [0.4, 0.5) is 5.82 Å². The lowest BCUT2D eigenvalue weighted by atomic mass is 9.91. The molecule has 1 fully saturated rings. The fourth-order valence-corrected chi connectivity index (χ4v) is 4.89. The lowest BCUT2D eigenvalue weighted by Gasteiger charge is -2.29. The van der Waals surface area contributed by atoms with Crippen LogP contribution in [-0.4, -0.2) is 41.1 Å². The SMILES string of the molecule is CNC1CCC(Nc2ncnc3sc4c(c23)CC(C(N)=O)OC4)CC1. The number of fused-ring (bicyclic) bond motifs is 3. The van der Waals surface area contributed by atoms with Crippen molar-refractivity contribution in [2.75, 3.05) is 12.4 Å². The zero-order chi connectivity index (χ0) is 17.4. The highest BCUT2D eigenvalue weighted by Crippen LogP contribution is 2.38. The van der Waals surface area contributed by atoms with Gasteiger partial charge in [-0.25, -0.2) is 9.97 Å². The summed E-state index contributed by atoms with van der Waals surface area (Å²) in [5.74, 6) is 0.460. The van der Waals surface area contributed by atoms with Gasteiger partial charge >= 0.3 is 0 Å². The number of hydrogen-bond donors (Lipinski definition) is 3. The maximum Gasteiger partial charge on any atom is 0.246 e. The molecule has 0 bridgehead atoms. The van der Waals surface area contributed by atoms with Crippen molar-refractivity contribution in [3.05, 3.63) is 16.8 Å². The molecule has 1 amide bonds. The highest BCUT2D eigenvalue weighted by atomic mass is 32.1. The Morgan fingerprint density at radius 2 is 2.04 bits per heavy atom. The summed E-state index contributed by atoms with van der Waals surface area (Å²) in [7, 11) is 2.03. The Labute approximate surface area is 150 Å². The Kier molecular flexibility index (Phi) is 4.58. The lowest BCUT2D eigenvalue weighted by molar-refractivity contribution is -0.130. The highest BCUT2D eigenvalue weighted by Gasteiger charge is 2.29. The first-order valence-corrected chi connectivity index (χ1v) is 9.57. The number of nitrogens with one attached hydrogen (secondary N) is 2. The summed E-state index contributed by atoms with van der Waals surface area (Å²) in [6.07, 6.45) is 6.12. The number of nitrogens with zero attached hydrogens (tertiary/aromatic N) is 2. The van der Waals surface area contributed by atoms with Crippen molar-refractivity contribution >= 4 is 33.3 Å². The summed E-state index contributed by atoms with van der Waals surface area (Å²) < 4.78 is 5.57. The van der Waals surface area contributed by atoms with E-state index in [1.54, 1.807) is 17.7 Å². The van der Waals surface area contributed by atoms with Crippen LogP contribution in [0.5, 0.6) is 0 Å². The molecule has 2 aliphatic rings. The van der Waals surface area contributed by atoms with E-state index in [1.165, 1.54) is 12.8 Å². The van der Waals surface area contributed by atoms with Gasteiger partial charge < -0.3 is 21.1 Å². The van der Waals surface area contributed by atoms with Gasteiger partial charge in [-0.2, -0.15) is 0 Å². The van der Waals surface area contributed by atoms with Gasteiger partial charge in [0, 0.05) is 23.4 Å². The first kappa shape index (κ1) is 16.7. The molecule has 0 radical (unpaired) electrons. The maximum absolute atomic E-state index is 11.5. The van der Waals surface area contributed by atoms with E-state index in [2.05, 4.69) is 20.6 Å². The molecule has 0 spiro atoms. The quantitative estimate of drug-likeness (QED) is 0.764. The number of primary amides is 1. The van der Waals surface area contributed by atoms with E-state index in [-0.39, 0.29) is 0 Å². The molecule has 1 unspecified atom stereocenters. The lowest BCUT2D eigenvalue weighted by Crippen LogP contribution is -2.36. The fraction of sp³-hybridized carbons (Fsp3) is 0.588. The summed E-state index contributed by atoms with van der Waals surface area (Å²) in [5, 5.41) is 8.02. The van der Waals surface area contributed by atoms with Gasteiger partial charge in [-0.3, -0.25) is 4.79 Å². The van der Waals surface area contributed by atoms with Crippen molar-refractivity contribution in [3.63, 3.8) is 0 Å². The zero-order valence-electron chi connectivity index (χ0n) is 14.2. The van der Waals surface area contributed by atoms with Crippen LogP contribution in [0.15, 0.2) is 6.33 Å². The Morgan fingerprint density at radius 3 is 2.76 bits per heavy atom. The number of rotatable bonds is 4. The average Bonchev–Trinajstić information content (AvgIpc) is 3.01. The summed E-state index contributed by atoms with van der Waals surface area (Å²) in [6.45, 7) is 0.413. The van der Waals surface area contributed by atoms with E-state index < -0.39 is 12.0 Å². The van der Waals surface area contributed by atoms with Crippen LogP contribution in [0.3, 0.4) is 0 Å². The predicted octanol–water partition coefficient (Wildman–Crippen LogP) is 1.56. The molecule has 2 aromatic heterocycles. The minimum atomic E-state index is -0.565. The number of carbonyl (C=O) groups excluding carboxylic acids is 1. The van der Waals surface area contributed by atoms with Gasteiger partial charge in [-0.15, -0.1) is 11.3 Å². The number of nitrogens with two attached hydrogens (primary N) is 1. The molecule has 7 nitrogen and oxygen atoms in total. The number of anilines is 1. The van der Waals surface area contributed by atoms with Crippen molar-refractivity contribution in [1.82, 2.24) is 15.3 Å². The fourth-order valence-electron chi connectivity index (χ4n) is 3.80. The molecule has 25 heavy (non-hydrogen) atoms. The first-order valence-electron chi connectivity index (χ1n) is 8.75. The van der Waals surface area contributed by atoms with E-state index in [0.29, 0.717) is 25.1 Å². The Bertz CT molecular complexity index is 785. The molecule has 0 aromatic carbocycles. The van der Waals surface area contributed by atoms with E-state index in [9.17, 15) is 4.79 Å². The molecule has 1 aliphatic heterocycles. The molecule has 3 heterocycles. The van der Waals surface area contributed by atoms with Crippen molar-refractivity contribution in [2.45, 2.75) is 56.9 Å². The summed E-state index contributed by atoms with van der Waals surface area (Å²) >= 11 is 1.62. The van der Waals surface area contributed by atoms with Crippen LogP contribution < -0.4 is 16.4 Å². The van der Waals surface area contributed by atoms with Crippen LogP contribution in [0, 0.1) is 0 Å².